The van der Waals surface area contributed by atoms with Crippen LogP contribution in [0.2, 0.25) is 0 Å². The lowest BCUT2D eigenvalue weighted by Gasteiger charge is -2.16. The molecule has 0 bridgehead atoms. The number of amides is 1. The van der Waals surface area contributed by atoms with Crippen LogP contribution in [0, 0.1) is 5.92 Å². The molecule has 0 saturated heterocycles. The number of rotatable bonds is 9. The Morgan fingerprint density at radius 2 is 1.71 bits per heavy atom. The molecule has 0 aliphatic rings. The van der Waals surface area contributed by atoms with E-state index in [1.165, 1.54) is 0 Å². The molecule has 1 aromatic carbocycles. The van der Waals surface area contributed by atoms with Gasteiger partial charge in [0.2, 0.25) is 0 Å². The Labute approximate surface area is 145 Å². The minimum Gasteiger partial charge on any atom is -0.497 e. The van der Waals surface area contributed by atoms with Crippen molar-refractivity contribution in [2.45, 2.75) is 26.7 Å². The Hall–Kier alpha value is -2.24. The van der Waals surface area contributed by atoms with Gasteiger partial charge in [0.05, 0.1) is 7.11 Å². The fourth-order valence-corrected chi connectivity index (χ4v) is 2.24. The molecule has 0 spiro atoms. The molecule has 0 aliphatic heterocycles. The lowest BCUT2D eigenvalue weighted by atomic mass is 10.0. The number of nitrogens with one attached hydrogen (secondary N) is 3. The molecule has 1 aromatic rings. The number of benzene rings is 1. The molecule has 0 aliphatic carbocycles. The lowest BCUT2D eigenvalue weighted by Crippen LogP contribution is -2.43. The summed E-state index contributed by atoms with van der Waals surface area (Å²) in [6.07, 6.45) is 2.30. The van der Waals surface area contributed by atoms with E-state index in [2.05, 4.69) is 34.8 Å². The molecule has 1 amide bonds. The molecule has 24 heavy (non-hydrogen) atoms. The van der Waals surface area contributed by atoms with Crippen molar-refractivity contribution in [2.24, 2.45) is 10.9 Å². The number of carbonyl (C=O) groups is 1. The largest absolute Gasteiger partial charge is 0.497 e. The minimum absolute atomic E-state index is 0.0978. The van der Waals surface area contributed by atoms with Crippen LogP contribution in [-0.2, 0) is 0 Å². The number of aliphatic imine (C=N–C) groups is 1. The quantitative estimate of drug-likeness (QED) is 0.367. The van der Waals surface area contributed by atoms with Crippen molar-refractivity contribution in [1.29, 1.82) is 0 Å². The summed E-state index contributed by atoms with van der Waals surface area (Å²) in [6, 6.07) is 7.04. The van der Waals surface area contributed by atoms with E-state index in [1.807, 2.05) is 0 Å². The Morgan fingerprint density at radius 3 is 2.25 bits per heavy atom. The predicted octanol–water partition coefficient (Wildman–Crippen LogP) is 2.03. The van der Waals surface area contributed by atoms with Crippen LogP contribution in [-0.4, -0.2) is 45.7 Å². The van der Waals surface area contributed by atoms with Gasteiger partial charge in [-0.25, -0.2) is 0 Å². The number of carbonyl (C=O) groups excluding carboxylic acids is 1. The summed E-state index contributed by atoms with van der Waals surface area (Å²) < 4.78 is 5.08. The van der Waals surface area contributed by atoms with Gasteiger partial charge >= 0.3 is 0 Å². The Bertz CT molecular complexity index is 510. The first kappa shape index (κ1) is 19.8. The maximum Gasteiger partial charge on any atom is 0.251 e. The highest BCUT2D eigenvalue weighted by Gasteiger charge is 2.06. The SMILES string of the molecule is CCC(CC)CNC(=NC)NCCNC(=O)c1ccc(OC)cc1. The molecule has 0 fully saturated rings. The van der Waals surface area contributed by atoms with E-state index < -0.39 is 0 Å². The molecule has 6 nitrogen and oxygen atoms in total. The fraction of sp³-hybridized carbons (Fsp3) is 0.556. The third-order valence-corrected chi connectivity index (χ3v) is 3.99. The third-order valence-electron chi connectivity index (χ3n) is 3.99. The van der Waals surface area contributed by atoms with Gasteiger partial charge in [0, 0.05) is 32.2 Å². The van der Waals surface area contributed by atoms with Crippen molar-refractivity contribution in [2.75, 3.05) is 33.8 Å². The van der Waals surface area contributed by atoms with Gasteiger partial charge < -0.3 is 20.7 Å². The molecule has 0 saturated carbocycles. The first-order chi connectivity index (χ1) is 11.6. The molecule has 1 rings (SSSR count). The normalized spacial score (nSPS) is 11.3. The Balaban J connectivity index is 2.29. The zero-order chi connectivity index (χ0) is 17.8. The number of nitrogens with zero attached hydrogens (tertiary/aromatic N) is 1. The van der Waals surface area contributed by atoms with Crippen LogP contribution < -0.4 is 20.7 Å². The lowest BCUT2D eigenvalue weighted by molar-refractivity contribution is 0.0954. The van der Waals surface area contributed by atoms with Crippen molar-refractivity contribution < 1.29 is 9.53 Å². The van der Waals surface area contributed by atoms with Crippen LogP contribution in [0.4, 0.5) is 0 Å². The van der Waals surface area contributed by atoms with E-state index >= 15 is 0 Å². The standard InChI is InChI=1S/C18H30N4O2/c1-5-14(6-2)13-22-18(19-3)21-12-11-20-17(23)15-7-9-16(24-4)10-8-15/h7-10,14H,5-6,11-13H2,1-4H3,(H,20,23)(H2,19,21,22). The molecular formula is C18H30N4O2. The summed E-state index contributed by atoms with van der Waals surface area (Å²) in [5.74, 6) is 2.05. The molecule has 0 unspecified atom stereocenters. The number of ether oxygens (including phenoxy) is 1. The highest BCUT2D eigenvalue weighted by atomic mass is 16.5. The van der Waals surface area contributed by atoms with Crippen molar-refractivity contribution in [1.82, 2.24) is 16.0 Å². The third kappa shape index (κ3) is 6.89. The molecular weight excluding hydrogens is 304 g/mol. The molecule has 0 atom stereocenters. The molecule has 0 radical (unpaired) electrons. The second-order valence-corrected chi connectivity index (χ2v) is 5.55. The zero-order valence-electron chi connectivity index (χ0n) is 15.2. The molecule has 0 aromatic heterocycles. The highest BCUT2D eigenvalue weighted by Crippen LogP contribution is 2.10. The summed E-state index contributed by atoms with van der Waals surface area (Å²) in [5.41, 5.74) is 0.618. The van der Waals surface area contributed by atoms with Gasteiger partial charge in [-0.3, -0.25) is 9.79 Å². The molecule has 6 heteroatoms. The Morgan fingerprint density at radius 1 is 1.08 bits per heavy atom. The summed E-state index contributed by atoms with van der Waals surface area (Å²) in [6.45, 7) is 6.44. The van der Waals surface area contributed by atoms with E-state index in [-0.39, 0.29) is 5.91 Å². The smallest absolute Gasteiger partial charge is 0.251 e. The van der Waals surface area contributed by atoms with Crippen molar-refractivity contribution >= 4 is 11.9 Å². The predicted molar refractivity (Wildman–Crippen MR) is 98.8 cm³/mol. The molecule has 0 heterocycles. The maximum atomic E-state index is 12.0. The van der Waals surface area contributed by atoms with Gasteiger partial charge in [0.1, 0.15) is 5.75 Å². The van der Waals surface area contributed by atoms with Gasteiger partial charge in [-0.1, -0.05) is 26.7 Å². The average molecular weight is 334 g/mol. The van der Waals surface area contributed by atoms with E-state index in [4.69, 9.17) is 4.74 Å². The summed E-state index contributed by atoms with van der Waals surface area (Å²) in [5, 5.41) is 9.40. The maximum absolute atomic E-state index is 12.0. The summed E-state index contributed by atoms with van der Waals surface area (Å²) >= 11 is 0. The highest BCUT2D eigenvalue weighted by molar-refractivity contribution is 5.94. The van der Waals surface area contributed by atoms with Gasteiger partial charge in [-0.05, 0) is 30.2 Å². The van der Waals surface area contributed by atoms with Crippen molar-refractivity contribution in [3.8, 4) is 5.75 Å². The van der Waals surface area contributed by atoms with Gasteiger partial charge in [-0.2, -0.15) is 0 Å². The van der Waals surface area contributed by atoms with Crippen LogP contribution in [0.25, 0.3) is 0 Å². The molecule has 134 valence electrons. The number of methoxy groups -OCH3 is 1. The number of hydrogen-bond donors (Lipinski definition) is 3. The summed E-state index contributed by atoms with van der Waals surface area (Å²) in [7, 11) is 3.35. The zero-order valence-corrected chi connectivity index (χ0v) is 15.2. The van der Waals surface area contributed by atoms with Crippen LogP contribution in [0.5, 0.6) is 5.75 Å². The number of guanidine groups is 1. The van der Waals surface area contributed by atoms with Crippen molar-refractivity contribution in [3.63, 3.8) is 0 Å². The van der Waals surface area contributed by atoms with E-state index in [9.17, 15) is 4.79 Å². The fourth-order valence-electron chi connectivity index (χ4n) is 2.24. The van der Waals surface area contributed by atoms with E-state index in [1.54, 1.807) is 38.4 Å². The first-order valence-corrected chi connectivity index (χ1v) is 8.51. The van der Waals surface area contributed by atoms with E-state index in [0.29, 0.717) is 24.6 Å². The average Bonchev–Trinajstić information content (AvgIpc) is 2.63. The van der Waals surface area contributed by atoms with Crippen LogP contribution in [0.3, 0.4) is 0 Å². The van der Waals surface area contributed by atoms with Gasteiger partial charge in [0.15, 0.2) is 5.96 Å². The van der Waals surface area contributed by atoms with Crippen LogP contribution >= 0.6 is 0 Å². The topological polar surface area (TPSA) is 74.8 Å². The van der Waals surface area contributed by atoms with Crippen LogP contribution in [0.15, 0.2) is 29.3 Å². The molecule has 3 N–H and O–H groups in total. The second kappa shape index (κ2) is 11.3. The van der Waals surface area contributed by atoms with Gasteiger partial charge in [-0.15, -0.1) is 0 Å². The minimum atomic E-state index is -0.0978. The first-order valence-electron chi connectivity index (χ1n) is 8.51. The second-order valence-electron chi connectivity index (χ2n) is 5.55. The van der Waals surface area contributed by atoms with Crippen molar-refractivity contribution in [3.05, 3.63) is 29.8 Å². The van der Waals surface area contributed by atoms with Crippen LogP contribution in [0.1, 0.15) is 37.0 Å². The monoisotopic (exact) mass is 334 g/mol. The summed E-state index contributed by atoms with van der Waals surface area (Å²) in [4.78, 5) is 16.2. The number of hydrogen-bond acceptors (Lipinski definition) is 3. The van der Waals surface area contributed by atoms with E-state index in [0.717, 1.165) is 31.1 Å². The Kier molecular flexibility index (Phi) is 9.34. The van der Waals surface area contributed by atoms with Gasteiger partial charge in [0.25, 0.3) is 5.91 Å².